The maximum atomic E-state index is 12.3. The second kappa shape index (κ2) is 14.4. The minimum absolute atomic E-state index is 0.0264. The molecule has 1 aromatic carbocycles. The molecule has 0 saturated carbocycles. The van der Waals surface area contributed by atoms with E-state index in [0.717, 1.165) is 77.3 Å². The fraction of sp³-hybridized carbons (Fsp3) is 0.621. The molecular formula is C29H41Cl2N7O4. The molecule has 3 saturated heterocycles. The first-order valence-corrected chi connectivity index (χ1v) is 15.6. The van der Waals surface area contributed by atoms with E-state index in [9.17, 15) is 4.79 Å². The number of nitrogens with two attached hydrogens (primary N) is 1. The van der Waals surface area contributed by atoms with Crippen LogP contribution in [-0.2, 0) is 11.3 Å². The molecule has 1 aromatic heterocycles. The summed E-state index contributed by atoms with van der Waals surface area (Å²) >= 11 is 12.8. The summed E-state index contributed by atoms with van der Waals surface area (Å²) in [5.41, 5.74) is 7.23. The van der Waals surface area contributed by atoms with Crippen molar-refractivity contribution in [2.75, 3.05) is 69.7 Å². The number of halogens is 2. The number of benzene rings is 1. The fourth-order valence-corrected chi connectivity index (χ4v) is 6.56. The summed E-state index contributed by atoms with van der Waals surface area (Å²) in [6, 6.07) is 6.80. The number of piperazine rings is 1. The normalized spacial score (nSPS) is 22.4. The smallest absolute Gasteiger partial charge is 0.273 e. The van der Waals surface area contributed by atoms with Crippen molar-refractivity contribution >= 4 is 40.7 Å². The molecule has 0 aliphatic carbocycles. The Balaban J connectivity index is 1.17. The van der Waals surface area contributed by atoms with Gasteiger partial charge in [-0.2, -0.15) is 0 Å². The average molecular weight is 623 g/mol. The summed E-state index contributed by atoms with van der Waals surface area (Å²) in [4.78, 5) is 28.3. The highest BCUT2D eigenvalue weighted by Gasteiger charge is 2.35. The second-order valence-electron chi connectivity index (χ2n) is 11.2. The van der Waals surface area contributed by atoms with Gasteiger partial charge in [-0.3, -0.25) is 14.6 Å². The monoisotopic (exact) mass is 621 g/mol. The number of anilines is 2. The number of hydrogen-bond donors (Lipinski definition) is 3. The number of carbonyl (C=O) groups excluding carboxylic acids is 1. The van der Waals surface area contributed by atoms with Crippen molar-refractivity contribution in [1.29, 1.82) is 0 Å². The summed E-state index contributed by atoms with van der Waals surface area (Å²) in [5.74, 6) is 0.890. The number of likely N-dealkylation sites (tertiary alicyclic amines) is 1. The van der Waals surface area contributed by atoms with Crippen molar-refractivity contribution in [2.24, 2.45) is 0 Å². The molecule has 4 N–H and O–H groups in total. The average Bonchev–Trinajstić information content (AvgIpc) is 3.51. The zero-order valence-corrected chi connectivity index (χ0v) is 25.6. The van der Waals surface area contributed by atoms with Gasteiger partial charge in [0, 0.05) is 61.8 Å². The molecule has 3 fully saturated rings. The molecule has 2 aromatic rings. The van der Waals surface area contributed by atoms with Gasteiger partial charge in [0.15, 0.2) is 22.5 Å². The molecule has 3 aliphatic rings. The van der Waals surface area contributed by atoms with E-state index in [4.69, 9.17) is 43.5 Å². The Bertz CT molecular complexity index is 1220. The summed E-state index contributed by atoms with van der Waals surface area (Å²) in [6.07, 6.45) is 4.19. The van der Waals surface area contributed by atoms with Crippen LogP contribution in [0.5, 0.6) is 5.75 Å². The molecule has 1 amide bonds. The van der Waals surface area contributed by atoms with Gasteiger partial charge in [0.25, 0.3) is 5.91 Å². The molecule has 0 bridgehead atoms. The number of rotatable bonds is 10. The van der Waals surface area contributed by atoms with Crippen LogP contribution in [0.25, 0.3) is 0 Å². The van der Waals surface area contributed by atoms with E-state index in [1.54, 1.807) is 0 Å². The van der Waals surface area contributed by atoms with Gasteiger partial charge >= 0.3 is 0 Å². The van der Waals surface area contributed by atoms with Crippen LogP contribution >= 0.6 is 23.2 Å². The highest BCUT2D eigenvalue weighted by molar-refractivity contribution is 6.32. The van der Waals surface area contributed by atoms with E-state index in [2.05, 4.69) is 43.0 Å². The highest BCUT2D eigenvalue weighted by atomic mass is 35.5. The van der Waals surface area contributed by atoms with Gasteiger partial charge in [-0.05, 0) is 44.5 Å². The Morgan fingerprint density at radius 3 is 2.71 bits per heavy atom. The van der Waals surface area contributed by atoms with Crippen molar-refractivity contribution < 1.29 is 19.4 Å². The Morgan fingerprint density at radius 1 is 1.19 bits per heavy atom. The molecule has 42 heavy (non-hydrogen) atoms. The molecule has 0 radical (unpaired) electrons. The SMILES string of the molecule is CC[C@H]1CN(c2nc(N)c(C(=O)NCCO)nc2Cl)CCN1C1CCN(Cc2ccc(Cl)cc2O[C@H]2CCOC2)CC1. The first-order chi connectivity index (χ1) is 20.4. The van der Waals surface area contributed by atoms with E-state index in [1.165, 1.54) is 5.56 Å². The van der Waals surface area contributed by atoms with Crippen LogP contribution in [-0.4, -0.2) is 108 Å². The number of amides is 1. The topological polar surface area (TPSA) is 129 Å². The van der Waals surface area contributed by atoms with E-state index < -0.39 is 5.91 Å². The van der Waals surface area contributed by atoms with Crippen molar-refractivity contribution in [3.63, 3.8) is 0 Å². The number of aliphatic hydroxyl groups excluding tert-OH is 1. The highest BCUT2D eigenvalue weighted by Crippen LogP contribution is 2.31. The van der Waals surface area contributed by atoms with Crippen LogP contribution in [0.3, 0.4) is 0 Å². The number of aromatic nitrogens is 2. The molecule has 13 heteroatoms. The Kier molecular flexibility index (Phi) is 10.6. The van der Waals surface area contributed by atoms with Gasteiger partial charge in [0.1, 0.15) is 11.9 Å². The third kappa shape index (κ3) is 7.38. The maximum Gasteiger partial charge on any atom is 0.273 e. The van der Waals surface area contributed by atoms with Gasteiger partial charge in [0.05, 0.1) is 19.8 Å². The maximum absolute atomic E-state index is 12.3. The number of nitrogen functional groups attached to an aromatic ring is 1. The number of aliphatic hydroxyl groups is 1. The van der Waals surface area contributed by atoms with E-state index >= 15 is 0 Å². The lowest BCUT2D eigenvalue weighted by Gasteiger charge is -2.47. The molecule has 5 rings (SSSR count). The van der Waals surface area contributed by atoms with Crippen molar-refractivity contribution in [2.45, 2.75) is 57.3 Å². The number of carbonyl (C=O) groups is 1. The van der Waals surface area contributed by atoms with Gasteiger partial charge in [-0.1, -0.05) is 36.2 Å². The Morgan fingerprint density at radius 2 is 2.00 bits per heavy atom. The third-order valence-corrected chi connectivity index (χ3v) is 8.89. The number of piperidine rings is 1. The molecule has 3 aliphatic heterocycles. The third-order valence-electron chi connectivity index (χ3n) is 8.41. The van der Waals surface area contributed by atoms with Crippen LogP contribution in [0.1, 0.15) is 48.7 Å². The minimum Gasteiger partial charge on any atom is -0.488 e. The quantitative estimate of drug-likeness (QED) is 0.364. The van der Waals surface area contributed by atoms with Gasteiger partial charge in [-0.25, -0.2) is 9.97 Å². The van der Waals surface area contributed by atoms with Gasteiger partial charge in [0.2, 0.25) is 0 Å². The zero-order valence-electron chi connectivity index (χ0n) is 24.1. The van der Waals surface area contributed by atoms with E-state index in [0.29, 0.717) is 29.5 Å². The lowest BCUT2D eigenvalue weighted by molar-refractivity contribution is 0.0605. The van der Waals surface area contributed by atoms with Gasteiger partial charge < -0.3 is 30.5 Å². The predicted molar refractivity (Wildman–Crippen MR) is 163 cm³/mol. The van der Waals surface area contributed by atoms with E-state index in [1.807, 2.05) is 12.1 Å². The molecule has 230 valence electrons. The first kappa shape index (κ1) is 31.0. The molecule has 0 unspecified atom stereocenters. The van der Waals surface area contributed by atoms with Crippen LogP contribution in [0.4, 0.5) is 11.6 Å². The van der Waals surface area contributed by atoms with E-state index in [-0.39, 0.29) is 35.9 Å². The number of nitrogens with one attached hydrogen (secondary N) is 1. The van der Waals surface area contributed by atoms with Crippen molar-refractivity contribution in [1.82, 2.24) is 25.1 Å². The number of hydrogen-bond acceptors (Lipinski definition) is 10. The minimum atomic E-state index is -0.506. The molecule has 4 heterocycles. The van der Waals surface area contributed by atoms with Crippen LogP contribution in [0, 0.1) is 0 Å². The number of ether oxygens (including phenoxy) is 2. The lowest BCUT2D eigenvalue weighted by atomic mass is 9.97. The lowest BCUT2D eigenvalue weighted by Crippen LogP contribution is -2.58. The first-order valence-electron chi connectivity index (χ1n) is 14.8. The van der Waals surface area contributed by atoms with Crippen molar-refractivity contribution in [3.05, 3.63) is 39.6 Å². The summed E-state index contributed by atoms with van der Waals surface area (Å²) < 4.78 is 11.8. The molecule has 11 nitrogen and oxygen atoms in total. The number of nitrogens with zero attached hydrogens (tertiary/aromatic N) is 5. The van der Waals surface area contributed by atoms with Gasteiger partial charge in [-0.15, -0.1) is 0 Å². The molecule has 2 atom stereocenters. The zero-order chi connectivity index (χ0) is 29.6. The summed E-state index contributed by atoms with van der Waals surface area (Å²) in [7, 11) is 0. The second-order valence-corrected chi connectivity index (χ2v) is 12.0. The van der Waals surface area contributed by atoms with Crippen LogP contribution < -0.4 is 20.7 Å². The predicted octanol–water partition coefficient (Wildman–Crippen LogP) is 2.82. The Labute approximate surface area is 257 Å². The molecular weight excluding hydrogens is 581 g/mol. The summed E-state index contributed by atoms with van der Waals surface area (Å²) in [6.45, 7) is 8.77. The molecule has 0 spiro atoms. The van der Waals surface area contributed by atoms with Crippen molar-refractivity contribution in [3.8, 4) is 5.75 Å². The standard InChI is InChI=1S/C29H41Cl2N7O4/c1-2-21-17-37(28-26(31)34-25(27(32)35-28)29(40)33-8-13-39)11-12-38(21)22-5-9-36(10-6-22)16-19-3-4-20(30)15-24(19)42-23-7-14-41-18-23/h3-4,15,21-23,39H,2,5-14,16-18H2,1H3,(H2,32,35)(H,33,40)/t21-,23-/m0/s1. The van der Waals surface area contributed by atoms with Crippen LogP contribution in [0.15, 0.2) is 18.2 Å². The fourth-order valence-electron chi connectivity index (χ4n) is 6.15. The largest absolute Gasteiger partial charge is 0.488 e. The van der Waals surface area contributed by atoms with Crippen LogP contribution in [0.2, 0.25) is 10.2 Å². The summed E-state index contributed by atoms with van der Waals surface area (Å²) in [5, 5.41) is 12.3. The Hall–Kier alpha value is -2.41.